The Morgan fingerprint density at radius 1 is 1.19 bits per heavy atom. The van der Waals surface area contributed by atoms with Crippen LogP contribution >= 0.6 is 35.0 Å². The van der Waals surface area contributed by atoms with Gasteiger partial charge < -0.3 is 5.32 Å². The first-order chi connectivity index (χ1) is 12.5. The van der Waals surface area contributed by atoms with Gasteiger partial charge in [-0.05, 0) is 36.8 Å². The molecule has 1 amide bonds. The number of para-hydroxylation sites is 1. The Kier molecular flexibility index (Phi) is 4.69. The molecular formula is C19H15Cl2N3OS. The molecule has 0 aliphatic carbocycles. The molecule has 4 nitrogen and oxygen atoms in total. The molecule has 0 radical (unpaired) electrons. The van der Waals surface area contributed by atoms with Crippen molar-refractivity contribution in [2.45, 2.75) is 12.2 Å². The zero-order chi connectivity index (χ0) is 18.3. The van der Waals surface area contributed by atoms with Gasteiger partial charge in [0, 0.05) is 15.6 Å². The van der Waals surface area contributed by atoms with Crippen molar-refractivity contribution in [2.24, 2.45) is 0 Å². The molecule has 1 aliphatic heterocycles. The lowest BCUT2D eigenvalue weighted by Crippen LogP contribution is -2.15. The van der Waals surface area contributed by atoms with E-state index in [1.807, 2.05) is 49.4 Å². The number of halogens is 2. The summed E-state index contributed by atoms with van der Waals surface area (Å²) in [6.07, 6.45) is 0. The van der Waals surface area contributed by atoms with Gasteiger partial charge in [-0.1, -0.05) is 47.5 Å². The number of thioether (sulfide) groups is 1. The van der Waals surface area contributed by atoms with Crippen molar-refractivity contribution in [3.63, 3.8) is 0 Å². The average molecular weight is 404 g/mol. The highest BCUT2D eigenvalue weighted by Gasteiger charge is 2.31. The number of hydrogen-bond donors (Lipinski definition) is 1. The molecule has 1 atom stereocenters. The predicted molar refractivity (Wildman–Crippen MR) is 108 cm³/mol. The van der Waals surface area contributed by atoms with Gasteiger partial charge in [0.15, 0.2) is 0 Å². The number of amides is 1. The molecule has 0 bridgehead atoms. The van der Waals surface area contributed by atoms with E-state index in [2.05, 4.69) is 10.4 Å². The van der Waals surface area contributed by atoms with Gasteiger partial charge in [0.1, 0.15) is 5.82 Å². The second kappa shape index (κ2) is 6.99. The first-order valence-corrected chi connectivity index (χ1v) is 9.86. The number of aromatic nitrogens is 2. The lowest BCUT2D eigenvalue weighted by Gasteiger charge is -2.17. The highest BCUT2D eigenvalue weighted by molar-refractivity contribution is 8.00. The fraction of sp³-hybridized carbons (Fsp3) is 0.158. The molecule has 1 unspecified atom stereocenters. The van der Waals surface area contributed by atoms with Crippen LogP contribution in [0.15, 0.2) is 48.5 Å². The summed E-state index contributed by atoms with van der Waals surface area (Å²) in [4.78, 5) is 12.3. The van der Waals surface area contributed by atoms with Gasteiger partial charge >= 0.3 is 0 Å². The van der Waals surface area contributed by atoms with Crippen molar-refractivity contribution < 1.29 is 4.79 Å². The van der Waals surface area contributed by atoms with Crippen LogP contribution in [-0.2, 0) is 4.79 Å². The third-order valence-electron chi connectivity index (χ3n) is 4.25. The van der Waals surface area contributed by atoms with E-state index in [9.17, 15) is 4.79 Å². The minimum Gasteiger partial charge on any atom is -0.310 e. The summed E-state index contributed by atoms with van der Waals surface area (Å²) < 4.78 is 1.78. The molecule has 0 saturated carbocycles. The van der Waals surface area contributed by atoms with Gasteiger partial charge in [-0.3, -0.25) is 4.79 Å². The number of anilines is 1. The molecular weight excluding hydrogens is 389 g/mol. The van der Waals surface area contributed by atoms with Crippen LogP contribution in [-0.4, -0.2) is 21.4 Å². The number of nitrogens with one attached hydrogen (secondary N) is 1. The molecule has 2 heterocycles. The third kappa shape index (κ3) is 3.11. The maximum Gasteiger partial charge on any atom is 0.235 e. The third-order valence-corrected chi connectivity index (χ3v) is 6.07. The second-order valence-electron chi connectivity index (χ2n) is 6.00. The van der Waals surface area contributed by atoms with Gasteiger partial charge in [0.25, 0.3) is 0 Å². The summed E-state index contributed by atoms with van der Waals surface area (Å²) in [6.45, 7) is 1.95. The number of nitrogens with zero attached hydrogens (tertiary/aromatic N) is 2. The summed E-state index contributed by atoms with van der Waals surface area (Å²) >= 11 is 14.1. The number of fused-ring (bicyclic) bond motifs is 1. The molecule has 0 saturated heterocycles. The number of hydrogen-bond acceptors (Lipinski definition) is 3. The van der Waals surface area contributed by atoms with Gasteiger partial charge in [0.05, 0.1) is 22.4 Å². The van der Waals surface area contributed by atoms with Gasteiger partial charge in [-0.25, -0.2) is 4.68 Å². The Bertz CT molecular complexity index is 988. The van der Waals surface area contributed by atoms with Crippen LogP contribution in [0.5, 0.6) is 0 Å². The normalized spacial score (nSPS) is 16.7. The molecule has 4 rings (SSSR count). The van der Waals surface area contributed by atoms with Crippen LogP contribution in [0.25, 0.3) is 5.69 Å². The standard InChI is InChI=1S/C19H15Cl2N3OS/c1-11-17-18(14-8-7-12(20)9-15(14)21)26-10-16(25)22-19(17)24(23-11)13-5-3-2-4-6-13/h2-9,18H,10H2,1H3,(H,22,25). The summed E-state index contributed by atoms with van der Waals surface area (Å²) in [6, 6.07) is 15.2. The van der Waals surface area contributed by atoms with Crippen molar-refractivity contribution in [3.8, 4) is 5.69 Å². The Hall–Kier alpha value is -1.95. The average Bonchev–Trinajstić information content (AvgIpc) is 2.83. The summed E-state index contributed by atoms with van der Waals surface area (Å²) in [5, 5.41) is 8.76. The molecule has 1 aromatic heterocycles. The molecule has 0 fully saturated rings. The number of aryl methyl sites for hydroxylation is 1. The smallest absolute Gasteiger partial charge is 0.235 e. The van der Waals surface area contributed by atoms with E-state index in [4.69, 9.17) is 23.2 Å². The lowest BCUT2D eigenvalue weighted by atomic mass is 10.0. The van der Waals surface area contributed by atoms with Crippen molar-refractivity contribution in [1.82, 2.24) is 9.78 Å². The van der Waals surface area contributed by atoms with Crippen molar-refractivity contribution in [1.29, 1.82) is 0 Å². The van der Waals surface area contributed by atoms with Crippen LogP contribution < -0.4 is 5.32 Å². The molecule has 1 aliphatic rings. The van der Waals surface area contributed by atoms with E-state index in [0.717, 1.165) is 22.5 Å². The first-order valence-electron chi connectivity index (χ1n) is 8.06. The summed E-state index contributed by atoms with van der Waals surface area (Å²) in [7, 11) is 0. The van der Waals surface area contributed by atoms with E-state index in [1.54, 1.807) is 10.7 Å². The Morgan fingerprint density at radius 2 is 1.96 bits per heavy atom. The SMILES string of the molecule is Cc1nn(-c2ccccc2)c2c1C(c1ccc(Cl)cc1Cl)SCC(=O)N2. The molecule has 7 heteroatoms. The van der Waals surface area contributed by atoms with Crippen LogP contribution in [0.4, 0.5) is 5.82 Å². The van der Waals surface area contributed by atoms with Crippen molar-refractivity contribution in [3.05, 3.63) is 75.4 Å². The fourth-order valence-corrected chi connectivity index (χ4v) is 4.91. The molecule has 0 spiro atoms. The quantitative estimate of drug-likeness (QED) is 0.634. The first kappa shape index (κ1) is 17.5. The number of benzene rings is 2. The maximum atomic E-state index is 12.3. The van der Waals surface area contributed by atoms with Crippen LogP contribution in [0.1, 0.15) is 22.1 Å². The van der Waals surface area contributed by atoms with E-state index in [0.29, 0.717) is 21.6 Å². The summed E-state index contributed by atoms with van der Waals surface area (Å²) in [5.74, 6) is 0.979. The van der Waals surface area contributed by atoms with E-state index >= 15 is 0 Å². The molecule has 2 aromatic carbocycles. The Balaban J connectivity index is 1.91. The fourth-order valence-electron chi connectivity index (χ4n) is 3.10. The zero-order valence-corrected chi connectivity index (χ0v) is 16.2. The molecule has 132 valence electrons. The van der Waals surface area contributed by atoms with Gasteiger partial charge in [0.2, 0.25) is 5.91 Å². The van der Waals surface area contributed by atoms with E-state index < -0.39 is 0 Å². The molecule has 3 aromatic rings. The monoisotopic (exact) mass is 403 g/mol. The predicted octanol–water partition coefficient (Wildman–Crippen LogP) is 5.26. The number of carbonyl (C=O) groups excluding carboxylic acids is 1. The topological polar surface area (TPSA) is 46.9 Å². The Morgan fingerprint density at radius 3 is 2.69 bits per heavy atom. The van der Waals surface area contributed by atoms with Gasteiger partial charge in [-0.15, -0.1) is 11.8 Å². The highest BCUT2D eigenvalue weighted by atomic mass is 35.5. The minimum absolute atomic E-state index is 0.0547. The van der Waals surface area contributed by atoms with Gasteiger partial charge in [-0.2, -0.15) is 5.10 Å². The second-order valence-corrected chi connectivity index (χ2v) is 7.94. The van der Waals surface area contributed by atoms with Crippen LogP contribution in [0.2, 0.25) is 10.0 Å². The van der Waals surface area contributed by atoms with Crippen molar-refractivity contribution in [2.75, 3.05) is 11.1 Å². The lowest BCUT2D eigenvalue weighted by molar-refractivity contribution is -0.113. The van der Waals surface area contributed by atoms with E-state index in [1.165, 1.54) is 11.8 Å². The minimum atomic E-state index is -0.105. The van der Waals surface area contributed by atoms with Crippen molar-refractivity contribution >= 4 is 46.7 Å². The number of rotatable bonds is 2. The summed E-state index contributed by atoms with van der Waals surface area (Å²) in [5.41, 5.74) is 3.64. The molecule has 1 N–H and O–H groups in total. The maximum absolute atomic E-state index is 12.3. The highest BCUT2D eigenvalue weighted by Crippen LogP contribution is 2.46. The van der Waals surface area contributed by atoms with Crippen LogP contribution in [0.3, 0.4) is 0 Å². The largest absolute Gasteiger partial charge is 0.310 e. The van der Waals surface area contributed by atoms with E-state index in [-0.39, 0.29) is 11.2 Å². The number of carbonyl (C=O) groups is 1. The zero-order valence-electron chi connectivity index (χ0n) is 13.9. The van der Waals surface area contributed by atoms with Crippen LogP contribution in [0, 0.1) is 6.92 Å². The Labute approximate surface area is 165 Å². The molecule has 26 heavy (non-hydrogen) atoms.